The molecule has 0 spiro atoms. The Bertz CT molecular complexity index is 493. The lowest BCUT2D eigenvalue weighted by atomic mass is 10.0. The van der Waals surface area contributed by atoms with Crippen LogP contribution in [0.4, 0.5) is 0 Å². The fourth-order valence-corrected chi connectivity index (χ4v) is 2.55. The second-order valence-corrected chi connectivity index (χ2v) is 5.91. The van der Waals surface area contributed by atoms with Crippen LogP contribution in [0.3, 0.4) is 0 Å². The first-order valence-electron chi connectivity index (χ1n) is 7.63. The lowest BCUT2D eigenvalue weighted by molar-refractivity contribution is 0.317. The lowest BCUT2D eigenvalue weighted by Gasteiger charge is -2.26. The van der Waals surface area contributed by atoms with Gasteiger partial charge in [0, 0.05) is 25.0 Å². The maximum Gasteiger partial charge on any atom is 0.103 e. The van der Waals surface area contributed by atoms with Gasteiger partial charge in [0.15, 0.2) is 0 Å². The van der Waals surface area contributed by atoms with Crippen molar-refractivity contribution in [1.29, 1.82) is 0 Å². The maximum absolute atomic E-state index is 5.40. The van der Waals surface area contributed by atoms with E-state index in [1.165, 1.54) is 5.56 Å². The van der Waals surface area contributed by atoms with Gasteiger partial charge in [-0.3, -0.25) is 0 Å². The number of likely N-dealkylation sites (N-methyl/N-ethyl adjacent to an activating group) is 1. The molecule has 0 aliphatic carbocycles. The van der Waals surface area contributed by atoms with Crippen molar-refractivity contribution < 1.29 is 4.42 Å². The average Bonchev–Trinajstić information content (AvgIpc) is 2.98. The van der Waals surface area contributed by atoms with Crippen molar-refractivity contribution >= 4 is 0 Å². The highest BCUT2D eigenvalue weighted by Crippen LogP contribution is 2.15. The molecule has 0 radical (unpaired) electrons. The van der Waals surface area contributed by atoms with Crippen LogP contribution < -0.4 is 5.32 Å². The van der Waals surface area contributed by atoms with Crippen molar-refractivity contribution in [2.75, 3.05) is 20.6 Å². The first kappa shape index (κ1) is 15.8. The van der Waals surface area contributed by atoms with E-state index in [2.05, 4.69) is 61.6 Å². The van der Waals surface area contributed by atoms with Crippen LogP contribution in [0.1, 0.15) is 30.7 Å². The summed E-state index contributed by atoms with van der Waals surface area (Å²) in [7, 11) is 4.23. The largest absolute Gasteiger partial charge is 0.469 e. The van der Waals surface area contributed by atoms with Gasteiger partial charge in [0.2, 0.25) is 0 Å². The van der Waals surface area contributed by atoms with Crippen LogP contribution >= 0.6 is 0 Å². The van der Waals surface area contributed by atoms with E-state index in [1.807, 2.05) is 12.1 Å². The molecule has 2 unspecified atom stereocenters. The highest BCUT2D eigenvalue weighted by Gasteiger charge is 2.15. The Balaban J connectivity index is 1.91. The van der Waals surface area contributed by atoms with Gasteiger partial charge in [-0.25, -0.2) is 0 Å². The number of aryl methyl sites for hydroxylation is 1. The normalized spacial score (nSPS) is 14.3. The summed E-state index contributed by atoms with van der Waals surface area (Å²) >= 11 is 0. The molecule has 2 aromatic rings. The minimum absolute atomic E-state index is 0.354. The molecule has 114 valence electrons. The highest BCUT2D eigenvalue weighted by atomic mass is 16.3. The molecule has 2 atom stereocenters. The monoisotopic (exact) mass is 286 g/mol. The van der Waals surface area contributed by atoms with Crippen molar-refractivity contribution in [1.82, 2.24) is 10.2 Å². The Hall–Kier alpha value is -1.58. The zero-order valence-electron chi connectivity index (χ0n) is 13.3. The molecule has 1 aromatic carbocycles. The number of hydrogen-bond donors (Lipinski definition) is 1. The summed E-state index contributed by atoms with van der Waals surface area (Å²) in [6, 6.07) is 15.5. The van der Waals surface area contributed by atoms with Crippen LogP contribution in [0.25, 0.3) is 0 Å². The summed E-state index contributed by atoms with van der Waals surface area (Å²) in [5.74, 6) is 1.06. The Morgan fingerprint density at radius 1 is 1.10 bits per heavy atom. The van der Waals surface area contributed by atoms with E-state index in [-0.39, 0.29) is 0 Å². The van der Waals surface area contributed by atoms with Crippen LogP contribution in [0.2, 0.25) is 0 Å². The van der Waals surface area contributed by atoms with Crippen molar-refractivity contribution in [2.45, 2.75) is 31.8 Å². The van der Waals surface area contributed by atoms with E-state index in [0.29, 0.717) is 12.1 Å². The van der Waals surface area contributed by atoms with Gasteiger partial charge in [0.1, 0.15) is 5.76 Å². The molecule has 1 heterocycles. The molecule has 21 heavy (non-hydrogen) atoms. The number of nitrogens with one attached hydrogen (secondary N) is 1. The first-order chi connectivity index (χ1) is 10.1. The summed E-state index contributed by atoms with van der Waals surface area (Å²) in [5.41, 5.74) is 1.34. The second-order valence-electron chi connectivity index (χ2n) is 5.91. The van der Waals surface area contributed by atoms with Gasteiger partial charge in [-0.05, 0) is 45.1 Å². The standard InChI is InChI=1S/C18H26N2O/c1-15(11-12-17-10-7-13-21-17)19-18(14-20(2)3)16-8-5-4-6-9-16/h4-10,13,15,18-19H,11-12,14H2,1-3H3. The summed E-state index contributed by atoms with van der Waals surface area (Å²) in [6.45, 7) is 3.24. The van der Waals surface area contributed by atoms with E-state index in [0.717, 1.165) is 25.1 Å². The summed E-state index contributed by atoms with van der Waals surface area (Å²) in [4.78, 5) is 2.23. The molecule has 3 nitrogen and oxygen atoms in total. The topological polar surface area (TPSA) is 28.4 Å². The third-order valence-corrected chi connectivity index (χ3v) is 3.64. The second kappa shape index (κ2) is 8.01. The molecule has 0 fully saturated rings. The van der Waals surface area contributed by atoms with Gasteiger partial charge < -0.3 is 14.6 Å². The number of benzene rings is 1. The Morgan fingerprint density at radius 2 is 1.86 bits per heavy atom. The minimum Gasteiger partial charge on any atom is -0.469 e. The van der Waals surface area contributed by atoms with Crippen LogP contribution in [0.5, 0.6) is 0 Å². The van der Waals surface area contributed by atoms with E-state index in [1.54, 1.807) is 6.26 Å². The van der Waals surface area contributed by atoms with Crippen molar-refractivity contribution in [3.8, 4) is 0 Å². The Kier molecular flexibility index (Phi) is 6.03. The number of hydrogen-bond acceptors (Lipinski definition) is 3. The van der Waals surface area contributed by atoms with E-state index in [4.69, 9.17) is 4.42 Å². The number of rotatable bonds is 8. The summed E-state index contributed by atoms with van der Waals surface area (Å²) in [6.07, 6.45) is 3.79. The molecular weight excluding hydrogens is 260 g/mol. The summed E-state index contributed by atoms with van der Waals surface area (Å²) in [5, 5.41) is 3.74. The highest BCUT2D eigenvalue weighted by molar-refractivity contribution is 5.19. The number of furan rings is 1. The molecule has 0 bridgehead atoms. The molecule has 0 amide bonds. The van der Waals surface area contributed by atoms with Crippen molar-refractivity contribution in [2.24, 2.45) is 0 Å². The van der Waals surface area contributed by atoms with Gasteiger partial charge in [-0.1, -0.05) is 30.3 Å². The average molecular weight is 286 g/mol. The molecule has 2 rings (SSSR count). The number of nitrogens with zero attached hydrogens (tertiary/aromatic N) is 1. The van der Waals surface area contributed by atoms with Gasteiger partial charge in [0.05, 0.1) is 6.26 Å². The van der Waals surface area contributed by atoms with Gasteiger partial charge in [-0.2, -0.15) is 0 Å². The van der Waals surface area contributed by atoms with Gasteiger partial charge >= 0.3 is 0 Å². The van der Waals surface area contributed by atoms with E-state index < -0.39 is 0 Å². The van der Waals surface area contributed by atoms with Crippen LogP contribution in [0, 0.1) is 0 Å². The first-order valence-corrected chi connectivity index (χ1v) is 7.63. The third kappa shape index (κ3) is 5.37. The van der Waals surface area contributed by atoms with Crippen LogP contribution in [-0.2, 0) is 6.42 Å². The van der Waals surface area contributed by atoms with Gasteiger partial charge in [0.25, 0.3) is 0 Å². The molecular formula is C18H26N2O. The summed E-state index contributed by atoms with van der Waals surface area (Å²) < 4.78 is 5.40. The van der Waals surface area contributed by atoms with Crippen molar-refractivity contribution in [3.05, 3.63) is 60.1 Å². The molecule has 0 aliphatic rings. The SMILES string of the molecule is CC(CCc1ccco1)NC(CN(C)C)c1ccccc1. The zero-order chi connectivity index (χ0) is 15.1. The van der Waals surface area contributed by atoms with Crippen LogP contribution in [0.15, 0.2) is 53.1 Å². The molecule has 0 aliphatic heterocycles. The van der Waals surface area contributed by atoms with Crippen LogP contribution in [-0.4, -0.2) is 31.6 Å². The third-order valence-electron chi connectivity index (χ3n) is 3.64. The maximum atomic E-state index is 5.40. The molecule has 0 saturated carbocycles. The zero-order valence-corrected chi connectivity index (χ0v) is 13.3. The predicted octanol–water partition coefficient (Wildman–Crippen LogP) is 3.49. The lowest BCUT2D eigenvalue weighted by Crippen LogP contribution is -2.36. The van der Waals surface area contributed by atoms with E-state index >= 15 is 0 Å². The smallest absolute Gasteiger partial charge is 0.103 e. The molecule has 3 heteroatoms. The minimum atomic E-state index is 0.354. The fraction of sp³-hybridized carbons (Fsp3) is 0.444. The molecule has 1 N–H and O–H groups in total. The molecule has 0 saturated heterocycles. The van der Waals surface area contributed by atoms with E-state index in [9.17, 15) is 0 Å². The van der Waals surface area contributed by atoms with Gasteiger partial charge in [-0.15, -0.1) is 0 Å². The Morgan fingerprint density at radius 3 is 2.48 bits per heavy atom. The molecule has 1 aromatic heterocycles. The quantitative estimate of drug-likeness (QED) is 0.805. The fourth-order valence-electron chi connectivity index (χ4n) is 2.55. The van der Waals surface area contributed by atoms with Crippen molar-refractivity contribution in [3.63, 3.8) is 0 Å². The predicted molar refractivity (Wildman–Crippen MR) is 87.4 cm³/mol. The Labute approximate surface area is 128 Å².